The van der Waals surface area contributed by atoms with Crippen molar-refractivity contribution in [2.75, 3.05) is 24.5 Å². The van der Waals surface area contributed by atoms with Gasteiger partial charge >= 0.3 is 0 Å². The monoisotopic (exact) mass is 218 g/mol. The molecule has 88 valence electrons. The van der Waals surface area contributed by atoms with Crippen molar-refractivity contribution in [2.24, 2.45) is 0 Å². The summed E-state index contributed by atoms with van der Waals surface area (Å²) in [4.78, 5) is 2.55. The molecule has 0 unspecified atom stereocenters. The van der Waals surface area contributed by atoms with Crippen LogP contribution in [0.4, 0.5) is 5.69 Å². The van der Waals surface area contributed by atoms with E-state index in [0.717, 1.165) is 19.6 Å². The van der Waals surface area contributed by atoms with E-state index < -0.39 is 0 Å². The van der Waals surface area contributed by atoms with Crippen molar-refractivity contribution in [1.29, 1.82) is 0 Å². The number of rotatable bonds is 1. The van der Waals surface area contributed by atoms with Crippen LogP contribution in [0.3, 0.4) is 0 Å². The van der Waals surface area contributed by atoms with E-state index >= 15 is 0 Å². The van der Waals surface area contributed by atoms with Crippen molar-refractivity contribution in [3.05, 3.63) is 30.3 Å². The van der Waals surface area contributed by atoms with E-state index in [1.54, 1.807) is 0 Å². The SMILES string of the molecule is CC1(C)CCNCCCN1c1ccccc1. The molecule has 2 nitrogen and oxygen atoms in total. The Kier molecular flexibility index (Phi) is 3.49. The van der Waals surface area contributed by atoms with E-state index in [4.69, 9.17) is 0 Å². The number of hydrogen-bond donors (Lipinski definition) is 1. The Morgan fingerprint density at radius 3 is 2.62 bits per heavy atom. The Bertz CT molecular complexity index is 319. The highest BCUT2D eigenvalue weighted by atomic mass is 15.2. The highest BCUT2D eigenvalue weighted by Gasteiger charge is 2.27. The Morgan fingerprint density at radius 1 is 1.12 bits per heavy atom. The van der Waals surface area contributed by atoms with Gasteiger partial charge < -0.3 is 10.2 Å². The average Bonchev–Trinajstić information content (AvgIpc) is 2.26. The predicted molar refractivity (Wildman–Crippen MR) is 70.0 cm³/mol. The summed E-state index contributed by atoms with van der Waals surface area (Å²) < 4.78 is 0. The van der Waals surface area contributed by atoms with Crippen LogP contribution in [0.1, 0.15) is 26.7 Å². The first-order valence-corrected chi connectivity index (χ1v) is 6.23. The van der Waals surface area contributed by atoms with Gasteiger partial charge in [-0.15, -0.1) is 0 Å². The molecule has 0 radical (unpaired) electrons. The average molecular weight is 218 g/mol. The van der Waals surface area contributed by atoms with Gasteiger partial charge in [-0.25, -0.2) is 0 Å². The van der Waals surface area contributed by atoms with Crippen LogP contribution in [-0.4, -0.2) is 25.2 Å². The normalized spacial score (nSPS) is 21.2. The van der Waals surface area contributed by atoms with Gasteiger partial charge in [0.25, 0.3) is 0 Å². The largest absolute Gasteiger partial charge is 0.366 e. The molecule has 0 saturated carbocycles. The molecule has 1 heterocycles. The van der Waals surface area contributed by atoms with Crippen LogP contribution in [-0.2, 0) is 0 Å². The molecule has 0 atom stereocenters. The van der Waals surface area contributed by atoms with Gasteiger partial charge in [-0.3, -0.25) is 0 Å². The van der Waals surface area contributed by atoms with Crippen molar-refractivity contribution >= 4 is 5.69 Å². The van der Waals surface area contributed by atoms with E-state index in [9.17, 15) is 0 Å². The van der Waals surface area contributed by atoms with Crippen molar-refractivity contribution < 1.29 is 0 Å². The van der Waals surface area contributed by atoms with Gasteiger partial charge in [0, 0.05) is 17.8 Å². The van der Waals surface area contributed by atoms with E-state index in [0.29, 0.717) is 0 Å². The smallest absolute Gasteiger partial charge is 0.0370 e. The van der Waals surface area contributed by atoms with Crippen LogP contribution in [0.2, 0.25) is 0 Å². The summed E-state index contributed by atoms with van der Waals surface area (Å²) in [6.07, 6.45) is 2.42. The molecule has 1 aliphatic rings. The number of nitrogens with one attached hydrogen (secondary N) is 1. The molecule has 1 aromatic rings. The lowest BCUT2D eigenvalue weighted by Crippen LogP contribution is -2.48. The molecule has 0 amide bonds. The first-order valence-electron chi connectivity index (χ1n) is 6.23. The zero-order valence-corrected chi connectivity index (χ0v) is 10.4. The topological polar surface area (TPSA) is 15.3 Å². The zero-order valence-electron chi connectivity index (χ0n) is 10.4. The quantitative estimate of drug-likeness (QED) is 0.779. The van der Waals surface area contributed by atoms with Gasteiger partial charge in [-0.2, -0.15) is 0 Å². The lowest BCUT2D eigenvalue weighted by atomic mass is 9.95. The van der Waals surface area contributed by atoms with Gasteiger partial charge in [0.2, 0.25) is 0 Å². The van der Waals surface area contributed by atoms with Crippen LogP contribution in [0.5, 0.6) is 0 Å². The van der Waals surface area contributed by atoms with E-state index in [1.165, 1.54) is 18.5 Å². The minimum Gasteiger partial charge on any atom is -0.366 e. The van der Waals surface area contributed by atoms with Crippen LogP contribution < -0.4 is 10.2 Å². The second-order valence-electron chi connectivity index (χ2n) is 5.15. The molecule has 0 aliphatic carbocycles. The molecular formula is C14H22N2. The molecule has 1 N–H and O–H groups in total. The summed E-state index contributed by atoms with van der Waals surface area (Å²) in [6.45, 7) is 8.08. The van der Waals surface area contributed by atoms with E-state index in [-0.39, 0.29) is 5.54 Å². The summed E-state index contributed by atoms with van der Waals surface area (Å²) in [7, 11) is 0. The zero-order chi connectivity index (χ0) is 11.4. The van der Waals surface area contributed by atoms with Gasteiger partial charge in [-0.05, 0) is 51.9 Å². The predicted octanol–water partition coefficient (Wildman–Crippen LogP) is 2.66. The fraction of sp³-hybridized carbons (Fsp3) is 0.571. The second-order valence-corrected chi connectivity index (χ2v) is 5.15. The third-order valence-corrected chi connectivity index (χ3v) is 3.45. The second kappa shape index (κ2) is 4.88. The Balaban J connectivity index is 2.21. The Hall–Kier alpha value is -1.02. The molecule has 0 spiro atoms. The highest BCUT2D eigenvalue weighted by Crippen LogP contribution is 2.27. The third-order valence-electron chi connectivity index (χ3n) is 3.45. The number of benzene rings is 1. The molecule has 0 aromatic heterocycles. The molecule has 1 aliphatic heterocycles. The summed E-state index contributed by atoms with van der Waals surface area (Å²) >= 11 is 0. The van der Waals surface area contributed by atoms with Crippen molar-refractivity contribution in [3.8, 4) is 0 Å². The third kappa shape index (κ3) is 2.56. The van der Waals surface area contributed by atoms with Gasteiger partial charge in [0.05, 0.1) is 0 Å². The van der Waals surface area contributed by atoms with Gasteiger partial charge in [0.1, 0.15) is 0 Å². The van der Waals surface area contributed by atoms with Gasteiger partial charge in [0.15, 0.2) is 0 Å². The molecular weight excluding hydrogens is 196 g/mol. The van der Waals surface area contributed by atoms with Crippen molar-refractivity contribution in [3.63, 3.8) is 0 Å². The van der Waals surface area contributed by atoms with Crippen LogP contribution in [0, 0.1) is 0 Å². The minimum atomic E-state index is 0.245. The standard InChI is InChI=1S/C14H22N2/c1-14(2)9-11-15-10-6-12-16(14)13-7-4-3-5-8-13/h3-5,7-8,15H,6,9-12H2,1-2H3. The first kappa shape index (κ1) is 11.5. The number of hydrogen-bond acceptors (Lipinski definition) is 2. The maximum atomic E-state index is 3.49. The highest BCUT2D eigenvalue weighted by molar-refractivity contribution is 5.48. The molecule has 1 saturated heterocycles. The lowest BCUT2D eigenvalue weighted by Gasteiger charge is -2.42. The lowest BCUT2D eigenvalue weighted by molar-refractivity contribution is 0.387. The van der Waals surface area contributed by atoms with Crippen LogP contribution in [0.15, 0.2) is 30.3 Å². The van der Waals surface area contributed by atoms with Gasteiger partial charge in [-0.1, -0.05) is 18.2 Å². The fourth-order valence-corrected chi connectivity index (χ4v) is 2.41. The summed E-state index contributed by atoms with van der Waals surface area (Å²) in [5, 5.41) is 3.49. The molecule has 16 heavy (non-hydrogen) atoms. The van der Waals surface area contributed by atoms with E-state index in [2.05, 4.69) is 54.4 Å². The number of nitrogens with zero attached hydrogens (tertiary/aromatic N) is 1. The minimum absolute atomic E-state index is 0.245. The molecule has 1 aromatic carbocycles. The molecule has 0 bridgehead atoms. The summed E-state index contributed by atoms with van der Waals surface area (Å²) in [5.41, 5.74) is 1.60. The summed E-state index contributed by atoms with van der Waals surface area (Å²) in [5.74, 6) is 0. The Morgan fingerprint density at radius 2 is 1.88 bits per heavy atom. The van der Waals surface area contributed by atoms with E-state index in [1.807, 2.05) is 0 Å². The molecule has 2 rings (SSSR count). The maximum absolute atomic E-state index is 3.49. The summed E-state index contributed by atoms with van der Waals surface area (Å²) in [6, 6.07) is 10.8. The van der Waals surface area contributed by atoms with Crippen LogP contribution in [0.25, 0.3) is 0 Å². The van der Waals surface area contributed by atoms with Crippen LogP contribution >= 0.6 is 0 Å². The van der Waals surface area contributed by atoms with Crippen molar-refractivity contribution in [2.45, 2.75) is 32.2 Å². The number of anilines is 1. The maximum Gasteiger partial charge on any atom is 0.0370 e. The number of para-hydroxylation sites is 1. The molecule has 1 fully saturated rings. The molecule has 2 heteroatoms. The fourth-order valence-electron chi connectivity index (χ4n) is 2.41. The first-order chi connectivity index (χ1) is 7.70. The van der Waals surface area contributed by atoms with Crippen molar-refractivity contribution in [1.82, 2.24) is 5.32 Å². The Labute approximate surface area is 98.7 Å².